The van der Waals surface area contributed by atoms with Crippen molar-refractivity contribution in [2.45, 2.75) is 34.2 Å². The van der Waals surface area contributed by atoms with E-state index >= 15 is 0 Å². The van der Waals surface area contributed by atoms with Crippen LogP contribution in [-0.2, 0) is 16.1 Å². The molecular formula is C28H28N2O3. The standard InChI is InChI=1S/C28H28N2O3/c1-17-9-12-22(15-19(17)3)25-26(29-24-8-6-7-18(2)20(24)4)28(32)30(27(25)31)16-21-10-13-23(33-5)14-11-21/h6-15,29H,16H2,1-5H3. The van der Waals surface area contributed by atoms with Crippen LogP contribution in [0, 0.1) is 27.7 Å². The Kier molecular flexibility index (Phi) is 6.05. The number of anilines is 1. The van der Waals surface area contributed by atoms with Gasteiger partial charge >= 0.3 is 0 Å². The van der Waals surface area contributed by atoms with E-state index in [2.05, 4.69) is 5.32 Å². The first-order valence-corrected chi connectivity index (χ1v) is 10.9. The van der Waals surface area contributed by atoms with Gasteiger partial charge in [0.25, 0.3) is 11.8 Å². The van der Waals surface area contributed by atoms with Crippen LogP contribution in [0.4, 0.5) is 5.69 Å². The smallest absolute Gasteiger partial charge is 0.278 e. The molecule has 5 nitrogen and oxygen atoms in total. The molecule has 1 aliphatic heterocycles. The zero-order valence-corrected chi connectivity index (χ0v) is 19.7. The summed E-state index contributed by atoms with van der Waals surface area (Å²) in [5, 5.41) is 3.29. The Hall–Kier alpha value is -3.86. The summed E-state index contributed by atoms with van der Waals surface area (Å²) in [5.74, 6) is 0.0980. The molecule has 5 heteroatoms. The van der Waals surface area contributed by atoms with Crippen LogP contribution < -0.4 is 10.1 Å². The second-order valence-corrected chi connectivity index (χ2v) is 8.47. The van der Waals surface area contributed by atoms with Gasteiger partial charge in [-0.15, -0.1) is 0 Å². The van der Waals surface area contributed by atoms with Gasteiger partial charge in [0.1, 0.15) is 11.4 Å². The molecule has 168 valence electrons. The summed E-state index contributed by atoms with van der Waals surface area (Å²) in [4.78, 5) is 28.4. The lowest BCUT2D eigenvalue weighted by molar-refractivity contribution is -0.137. The minimum Gasteiger partial charge on any atom is -0.497 e. The topological polar surface area (TPSA) is 58.6 Å². The highest BCUT2D eigenvalue weighted by atomic mass is 16.5. The third-order valence-corrected chi connectivity index (χ3v) is 6.33. The van der Waals surface area contributed by atoms with Crippen molar-refractivity contribution in [2.24, 2.45) is 0 Å². The zero-order chi connectivity index (χ0) is 23.7. The molecule has 3 aromatic rings. The van der Waals surface area contributed by atoms with Crippen LogP contribution in [0.15, 0.2) is 66.4 Å². The first kappa shape index (κ1) is 22.3. The molecule has 0 aliphatic carbocycles. The van der Waals surface area contributed by atoms with Crippen molar-refractivity contribution in [1.29, 1.82) is 0 Å². The molecule has 4 rings (SSSR count). The molecule has 0 spiro atoms. The van der Waals surface area contributed by atoms with E-state index in [0.29, 0.717) is 11.3 Å². The Bertz CT molecular complexity index is 1270. The fourth-order valence-corrected chi connectivity index (χ4v) is 3.94. The highest BCUT2D eigenvalue weighted by Crippen LogP contribution is 2.33. The number of hydrogen-bond acceptors (Lipinski definition) is 4. The normalized spacial score (nSPS) is 13.7. The lowest BCUT2D eigenvalue weighted by atomic mass is 9.99. The number of methoxy groups -OCH3 is 1. The molecule has 0 bridgehead atoms. The second kappa shape index (κ2) is 8.94. The van der Waals surface area contributed by atoms with Gasteiger partial charge in [0.2, 0.25) is 0 Å². The van der Waals surface area contributed by atoms with E-state index in [1.165, 1.54) is 4.90 Å². The zero-order valence-electron chi connectivity index (χ0n) is 19.7. The number of aryl methyl sites for hydroxylation is 3. The first-order chi connectivity index (χ1) is 15.8. The van der Waals surface area contributed by atoms with Gasteiger partial charge in [0, 0.05) is 5.69 Å². The highest BCUT2D eigenvalue weighted by molar-refractivity contribution is 6.36. The Labute approximate surface area is 194 Å². The molecule has 2 amide bonds. The van der Waals surface area contributed by atoms with Crippen LogP contribution in [0.1, 0.15) is 33.4 Å². The van der Waals surface area contributed by atoms with Crippen LogP contribution >= 0.6 is 0 Å². The Morgan fingerprint density at radius 1 is 0.818 bits per heavy atom. The maximum absolute atomic E-state index is 13.6. The Morgan fingerprint density at radius 3 is 2.21 bits per heavy atom. The van der Waals surface area contributed by atoms with Crippen molar-refractivity contribution in [1.82, 2.24) is 4.90 Å². The van der Waals surface area contributed by atoms with E-state index in [9.17, 15) is 9.59 Å². The summed E-state index contributed by atoms with van der Waals surface area (Å²) < 4.78 is 5.22. The van der Waals surface area contributed by atoms with Gasteiger partial charge in [-0.05, 0) is 79.3 Å². The molecule has 3 aromatic carbocycles. The van der Waals surface area contributed by atoms with Crippen LogP contribution in [0.5, 0.6) is 5.75 Å². The van der Waals surface area contributed by atoms with Gasteiger partial charge in [-0.1, -0.05) is 42.5 Å². The maximum atomic E-state index is 13.6. The number of carbonyl (C=O) groups is 2. The van der Waals surface area contributed by atoms with Gasteiger partial charge in [-0.25, -0.2) is 0 Å². The third-order valence-electron chi connectivity index (χ3n) is 6.33. The molecule has 1 heterocycles. The van der Waals surface area contributed by atoms with Crippen molar-refractivity contribution in [3.63, 3.8) is 0 Å². The van der Waals surface area contributed by atoms with Crippen LogP contribution in [0.2, 0.25) is 0 Å². The molecule has 0 unspecified atom stereocenters. The predicted molar refractivity (Wildman–Crippen MR) is 131 cm³/mol. The molecule has 1 N–H and O–H groups in total. The molecular weight excluding hydrogens is 412 g/mol. The maximum Gasteiger partial charge on any atom is 0.278 e. The molecule has 0 aromatic heterocycles. The van der Waals surface area contributed by atoms with Crippen molar-refractivity contribution >= 4 is 23.1 Å². The lowest BCUT2D eigenvalue weighted by Crippen LogP contribution is -2.32. The predicted octanol–water partition coefficient (Wildman–Crippen LogP) is 5.32. The van der Waals surface area contributed by atoms with E-state index in [4.69, 9.17) is 4.74 Å². The van der Waals surface area contributed by atoms with Crippen LogP contribution in [-0.4, -0.2) is 23.8 Å². The SMILES string of the molecule is COc1ccc(CN2C(=O)C(Nc3cccc(C)c3C)=C(c3ccc(C)c(C)c3)C2=O)cc1. The number of imide groups is 1. The monoisotopic (exact) mass is 440 g/mol. The van der Waals surface area contributed by atoms with E-state index in [1.807, 2.05) is 88.4 Å². The summed E-state index contributed by atoms with van der Waals surface area (Å²) in [6.45, 7) is 8.25. The highest BCUT2D eigenvalue weighted by Gasteiger charge is 2.39. The minimum atomic E-state index is -0.329. The van der Waals surface area contributed by atoms with Gasteiger partial charge in [-0.3, -0.25) is 14.5 Å². The average molecular weight is 441 g/mol. The molecule has 0 radical (unpaired) electrons. The van der Waals surface area contributed by atoms with E-state index < -0.39 is 0 Å². The fraction of sp³-hybridized carbons (Fsp3) is 0.214. The second-order valence-electron chi connectivity index (χ2n) is 8.47. The lowest BCUT2D eigenvalue weighted by Gasteiger charge is -2.16. The van der Waals surface area contributed by atoms with Crippen molar-refractivity contribution in [3.8, 4) is 5.75 Å². The Balaban J connectivity index is 1.76. The van der Waals surface area contributed by atoms with Crippen molar-refractivity contribution < 1.29 is 14.3 Å². The van der Waals surface area contributed by atoms with Gasteiger partial charge < -0.3 is 10.1 Å². The summed E-state index contributed by atoms with van der Waals surface area (Å²) in [5.41, 5.74) is 7.47. The average Bonchev–Trinajstić information content (AvgIpc) is 3.03. The Morgan fingerprint density at radius 2 is 1.55 bits per heavy atom. The number of nitrogens with zero attached hydrogens (tertiary/aromatic N) is 1. The fourth-order valence-electron chi connectivity index (χ4n) is 3.94. The van der Waals surface area contributed by atoms with Gasteiger partial charge in [0.05, 0.1) is 19.2 Å². The summed E-state index contributed by atoms with van der Waals surface area (Å²) in [7, 11) is 1.60. The van der Waals surface area contributed by atoms with Gasteiger partial charge in [0.15, 0.2) is 0 Å². The molecule has 1 aliphatic rings. The van der Waals surface area contributed by atoms with Crippen molar-refractivity contribution in [3.05, 3.63) is 99.7 Å². The summed E-state index contributed by atoms with van der Waals surface area (Å²) in [6.07, 6.45) is 0. The van der Waals surface area contributed by atoms with Gasteiger partial charge in [-0.2, -0.15) is 0 Å². The number of benzene rings is 3. The number of hydrogen-bond donors (Lipinski definition) is 1. The number of carbonyl (C=O) groups excluding carboxylic acids is 2. The number of rotatable bonds is 6. The van der Waals surface area contributed by atoms with E-state index in [0.717, 1.165) is 44.8 Å². The third kappa shape index (κ3) is 4.27. The molecule has 0 saturated heterocycles. The number of nitrogens with one attached hydrogen (secondary N) is 1. The largest absolute Gasteiger partial charge is 0.497 e. The number of ether oxygens (including phenoxy) is 1. The van der Waals surface area contributed by atoms with E-state index in [-0.39, 0.29) is 18.4 Å². The van der Waals surface area contributed by atoms with E-state index in [1.54, 1.807) is 7.11 Å². The minimum absolute atomic E-state index is 0.188. The molecule has 0 saturated carbocycles. The number of amides is 2. The summed E-state index contributed by atoms with van der Waals surface area (Å²) >= 11 is 0. The van der Waals surface area contributed by atoms with Crippen LogP contribution in [0.3, 0.4) is 0 Å². The molecule has 0 atom stereocenters. The molecule has 33 heavy (non-hydrogen) atoms. The van der Waals surface area contributed by atoms with Crippen LogP contribution in [0.25, 0.3) is 5.57 Å². The summed E-state index contributed by atoms with van der Waals surface area (Å²) in [6, 6.07) is 19.1. The first-order valence-electron chi connectivity index (χ1n) is 10.9. The molecule has 0 fully saturated rings. The van der Waals surface area contributed by atoms with Crippen molar-refractivity contribution in [2.75, 3.05) is 12.4 Å². The quantitative estimate of drug-likeness (QED) is 0.527.